The first-order valence-corrected chi connectivity index (χ1v) is 5.22. The molecule has 0 spiro atoms. The van der Waals surface area contributed by atoms with Crippen molar-refractivity contribution in [3.05, 3.63) is 0 Å². The molecule has 0 aromatic heterocycles. The molecule has 0 unspecified atom stereocenters. The van der Waals surface area contributed by atoms with E-state index in [0.717, 1.165) is 0 Å². The maximum absolute atomic E-state index is 12.9. The minimum absolute atomic E-state index is 0.256. The van der Waals surface area contributed by atoms with Crippen LogP contribution in [0.5, 0.6) is 0 Å². The van der Waals surface area contributed by atoms with Gasteiger partial charge in [-0.2, -0.15) is 57.1 Å². The fraction of sp³-hybridized carbons (Fsp3) is 1.00. The zero-order valence-corrected chi connectivity index (χ0v) is 10.3. The van der Waals surface area contributed by atoms with Crippen LogP contribution < -0.4 is 0 Å². The normalized spacial score (nSPS) is 16.1. The van der Waals surface area contributed by atoms with Crippen molar-refractivity contribution >= 4 is 0 Å². The molecule has 134 valence electrons. The molecule has 0 fully saturated rings. The monoisotopic (exact) mass is 362 g/mol. The van der Waals surface area contributed by atoms with Crippen molar-refractivity contribution in [2.75, 3.05) is 0 Å². The topological polar surface area (TPSA) is 0 Å². The van der Waals surface area contributed by atoms with Crippen LogP contribution in [0.2, 0.25) is 0 Å². The molecule has 0 aliphatic heterocycles. The average Bonchev–Trinajstić information content (AvgIpc) is 2.25. The van der Waals surface area contributed by atoms with E-state index < -0.39 is 48.6 Å². The van der Waals surface area contributed by atoms with Crippen LogP contribution >= 0.6 is 0 Å². The number of hydrogen-bond acceptors (Lipinski definition) is 0. The quantitative estimate of drug-likeness (QED) is 0.546. The largest absolute Gasteiger partial charge is 0.459 e. The van der Waals surface area contributed by atoms with Gasteiger partial charge in [-0.15, -0.1) is 0 Å². The third-order valence-electron chi connectivity index (χ3n) is 2.62. The molecule has 0 rings (SSSR count). The summed E-state index contributed by atoms with van der Waals surface area (Å²) in [6.07, 6.45) is -13.2. The van der Waals surface area contributed by atoms with E-state index in [4.69, 9.17) is 0 Å². The lowest BCUT2D eigenvalue weighted by atomic mass is 9.94. The highest BCUT2D eigenvalue weighted by atomic mass is 19.4. The third-order valence-corrected chi connectivity index (χ3v) is 2.62. The van der Waals surface area contributed by atoms with Crippen LogP contribution in [-0.2, 0) is 0 Å². The lowest BCUT2D eigenvalue weighted by Crippen LogP contribution is -2.60. The van der Waals surface area contributed by atoms with E-state index in [2.05, 4.69) is 0 Å². The van der Waals surface area contributed by atoms with Gasteiger partial charge in [0.25, 0.3) is 0 Å². The van der Waals surface area contributed by atoms with Gasteiger partial charge in [-0.1, -0.05) is 6.92 Å². The van der Waals surface area contributed by atoms with Gasteiger partial charge in [-0.25, -0.2) is 0 Å². The van der Waals surface area contributed by atoms with Crippen molar-refractivity contribution in [2.24, 2.45) is 0 Å². The summed E-state index contributed by atoms with van der Waals surface area (Å²) in [5.74, 6) is -32.5. The maximum Gasteiger partial charge on any atom is 0.459 e. The van der Waals surface area contributed by atoms with Crippen LogP contribution in [0.3, 0.4) is 0 Å². The zero-order chi connectivity index (χ0) is 18.4. The fourth-order valence-corrected chi connectivity index (χ4v) is 1.20. The predicted molar refractivity (Wildman–Crippen MR) is 45.7 cm³/mol. The molecule has 0 heterocycles. The average molecular weight is 362 g/mol. The second-order valence-electron chi connectivity index (χ2n) is 4.29. The van der Waals surface area contributed by atoms with E-state index >= 15 is 0 Å². The van der Waals surface area contributed by atoms with Crippen LogP contribution in [0.4, 0.5) is 57.1 Å². The summed E-state index contributed by atoms with van der Waals surface area (Å²) in [7, 11) is 0. The van der Waals surface area contributed by atoms with Crippen LogP contribution in [0.15, 0.2) is 0 Å². The molecule has 0 radical (unpaired) electrons. The Morgan fingerprint density at radius 3 is 1.09 bits per heavy atom. The van der Waals surface area contributed by atoms with E-state index in [0.29, 0.717) is 0 Å². The summed E-state index contributed by atoms with van der Waals surface area (Å²) in [5, 5.41) is 0. The van der Waals surface area contributed by atoms with Gasteiger partial charge in [0, 0.05) is 6.42 Å². The molecular formula is C9H7F13. The Morgan fingerprint density at radius 1 is 0.500 bits per heavy atom. The van der Waals surface area contributed by atoms with Crippen LogP contribution in [0, 0.1) is 0 Å². The summed E-state index contributed by atoms with van der Waals surface area (Å²) >= 11 is 0. The lowest BCUT2D eigenvalue weighted by molar-refractivity contribution is -0.380. The van der Waals surface area contributed by atoms with Crippen molar-refractivity contribution in [2.45, 2.75) is 55.6 Å². The van der Waals surface area contributed by atoms with Gasteiger partial charge in [0.15, 0.2) is 0 Å². The van der Waals surface area contributed by atoms with Crippen LogP contribution in [-0.4, -0.2) is 35.8 Å². The summed E-state index contributed by atoms with van der Waals surface area (Å²) in [5.41, 5.74) is 0. The summed E-state index contributed by atoms with van der Waals surface area (Å²) in [6.45, 7) is 0.256. The van der Waals surface area contributed by atoms with Crippen molar-refractivity contribution < 1.29 is 57.1 Å². The fourth-order valence-electron chi connectivity index (χ4n) is 1.20. The van der Waals surface area contributed by atoms with Crippen LogP contribution in [0.25, 0.3) is 0 Å². The second-order valence-corrected chi connectivity index (χ2v) is 4.29. The molecule has 0 N–H and O–H groups in total. The van der Waals surface area contributed by atoms with E-state index in [1.165, 1.54) is 0 Å². The molecule has 13 heteroatoms. The summed E-state index contributed by atoms with van der Waals surface area (Å²) in [4.78, 5) is 0. The van der Waals surface area contributed by atoms with Crippen molar-refractivity contribution in [1.29, 1.82) is 0 Å². The van der Waals surface area contributed by atoms with Gasteiger partial charge in [-0.05, 0) is 0 Å². The summed E-state index contributed by atoms with van der Waals surface area (Å²) in [6, 6.07) is 0. The number of halogens is 13. The molecule has 0 atom stereocenters. The lowest BCUT2D eigenvalue weighted by Gasteiger charge is -2.36. The Hall–Kier alpha value is -0.910. The Morgan fingerprint density at radius 2 is 0.818 bits per heavy atom. The van der Waals surface area contributed by atoms with Crippen LogP contribution in [0.1, 0.15) is 19.8 Å². The van der Waals surface area contributed by atoms with E-state index in [-0.39, 0.29) is 6.92 Å². The standard InChI is InChI=1S/C9H7F13/c1-2-4(10,11)7(16,17)5(12,13)3-6(14,15)8(18,19)9(20,21)22/h2-3H2,1H3. The predicted octanol–water partition coefficient (Wildman–Crippen LogP) is 5.53. The number of hydrogen-bond donors (Lipinski definition) is 0. The Labute approximate surface area is 114 Å². The minimum atomic E-state index is -7.11. The molecular weight excluding hydrogens is 355 g/mol. The third kappa shape index (κ3) is 3.21. The molecule has 22 heavy (non-hydrogen) atoms. The molecule has 0 aliphatic carbocycles. The van der Waals surface area contributed by atoms with E-state index in [1.54, 1.807) is 0 Å². The van der Waals surface area contributed by atoms with Gasteiger partial charge < -0.3 is 0 Å². The SMILES string of the molecule is CCC(F)(F)C(F)(F)C(F)(F)CC(F)(F)C(F)(F)C(F)(F)F. The first-order valence-electron chi connectivity index (χ1n) is 5.22. The highest BCUT2D eigenvalue weighted by molar-refractivity contribution is 5.02. The zero-order valence-electron chi connectivity index (χ0n) is 10.3. The molecule has 0 aromatic carbocycles. The van der Waals surface area contributed by atoms with E-state index in [1.807, 2.05) is 0 Å². The molecule has 0 saturated heterocycles. The van der Waals surface area contributed by atoms with Crippen molar-refractivity contribution in [3.8, 4) is 0 Å². The smallest absolute Gasteiger partial charge is 0.200 e. The van der Waals surface area contributed by atoms with E-state index in [9.17, 15) is 57.1 Å². The second kappa shape index (κ2) is 5.32. The Kier molecular flexibility index (Phi) is 5.10. The summed E-state index contributed by atoms with van der Waals surface area (Å²) < 4.78 is 162. The van der Waals surface area contributed by atoms with Crippen molar-refractivity contribution in [1.82, 2.24) is 0 Å². The number of rotatable bonds is 6. The molecule has 0 saturated carbocycles. The molecule has 0 amide bonds. The first-order chi connectivity index (χ1) is 9.27. The number of alkyl halides is 13. The molecule has 0 aliphatic rings. The van der Waals surface area contributed by atoms with Gasteiger partial charge in [-0.3, -0.25) is 0 Å². The van der Waals surface area contributed by atoms with Gasteiger partial charge in [0.1, 0.15) is 0 Å². The van der Waals surface area contributed by atoms with Gasteiger partial charge >= 0.3 is 35.8 Å². The van der Waals surface area contributed by atoms with Gasteiger partial charge in [0.2, 0.25) is 0 Å². The first kappa shape index (κ1) is 21.1. The van der Waals surface area contributed by atoms with Crippen molar-refractivity contribution in [3.63, 3.8) is 0 Å². The highest BCUT2D eigenvalue weighted by Crippen LogP contribution is 2.55. The Balaban J connectivity index is 5.71. The molecule has 0 bridgehead atoms. The molecule has 0 nitrogen and oxygen atoms in total. The minimum Gasteiger partial charge on any atom is -0.200 e. The maximum atomic E-state index is 12.9. The Bertz CT molecular complexity index is 391. The highest BCUT2D eigenvalue weighted by Gasteiger charge is 2.79. The van der Waals surface area contributed by atoms with Gasteiger partial charge in [0.05, 0.1) is 6.42 Å². The molecule has 0 aromatic rings.